The van der Waals surface area contributed by atoms with Gasteiger partial charge in [-0.05, 0) is 52.7 Å². The first kappa shape index (κ1) is 21.8. The van der Waals surface area contributed by atoms with Crippen LogP contribution in [0.2, 0.25) is 0 Å². The summed E-state index contributed by atoms with van der Waals surface area (Å²) in [7, 11) is 0. The van der Waals surface area contributed by atoms with Crippen molar-refractivity contribution in [1.29, 1.82) is 0 Å². The van der Waals surface area contributed by atoms with Crippen molar-refractivity contribution >= 4 is 5.78 Å². The van der Waals surface area contributed by atoms with Crippen molar-refractivity contribution in [3.8, 4) is 28.7 Å². The van der Waals surface area contributed by atoms with E-state index in [0.717, 1.165) is 11.1 Å². The first-order valence-corrected chi connectivity index (χ1v) is 10.4. The van der Waals surface area contributed by atoms with E-state index in [4.69, 9.17) is 9.47 Å². The Kier molecular flexibility index (Phi) is 5.17. The Balaban J connectivity index is 1.85. The lowest BCUT2D eigenvalue weighted by atomic mass is 9.82. The Hall–Kier alpha value is -3.45. The van der Waals surface area contributed by atoms with Crippen molar-refractivity contribution in [2.45, 2.75) is 52.4 Å². The van der Waals surface area contributed by atoms with Gasteiger partial charge in [-0.15, -0.1) is 0 Å². The van der Waals surface area contributed by atoms with E-state index < -0.39 is 23.4 Å². The van der Waals surface area contributed by atoms with Crippen LogP contribution in [-0.2, 0) is 18.4 Å². The fraction of sp³-hybridized carbons (Fsp3) is 0.320. The molecule has 0 radical (unpaired) electrons. The Morgan fingerprint density at radius 1 is 0.969 bits per heavy atom. The highest BCUT2D eigenvalue weighted by Gasteiger charge is 2.60. The SMILES string of the molecule is CC(C)=CCc1c(O)cc2c(c1O)C(=O)[C@@]1(O)c3ccc(O)c(CC=C(C)C)c3O[C@H]1O2. The third-order valence-electron chi connectivity index (χ3n) is 5.79. The molecular formula is C25H26O7. The van der Waals surface area contributed by atoms with Gasteiger partial charge in [0.05, 0.1) is 0 Å². The summed E-state index contributed by atoms with van der Waals surface area (Å²) in [6.07, 6.45) is 2.81. The molecule has 2 aromatic rings. The summed E-state index contributed by atoms with van der Waals surface area (Å²) in [6, 6.07) is 4.07. The standard InChI is InChI=1S/C25H26O7/c1-12(2)5-7-14-18(27)11-19-20(21(14)28)23(29)25(30)16-9-10-17(26)15(8-6-13(3)4)22(16)32-24(25)31-19/h5-6,9-11,24,26-28,30H,7-8H2,1-4H3/t24-,25+/m1/s1. The van der Waals surface area contributed by atoms with Gasteiger partial charge in [0.1, 0.15) is 34.3 Å². The Morgan fingerprint density at radius 3 is 2.22 bits per heavy atom. The Bertz CT molecular complexity index is 1180. The van der Waals surface area contributed by atoms with Gasteiger partial charge >= 0.3 is 0 Å². The Morgan fingerprint density at radius 2 is 1.59 bits per heavy atom. The van der Waals surface area contributed by atoms with Crippen molar-refractivity contribution in [3.05, 3.63) is 63.8 Å². The van der Waals surface area contributed by atoms with E-state index >= 15 is 0 Å². The van der Waals surface area contributed by atoms with E-state index in [1.807, 2.05) is 33.8 Å². The number of aromatic hydroxyl groups is 3. The number of fused-ring (bicyclic) bond motifs is 4. The van der Waals surface area contributed by atoms with Crippen LogP contribution in [0.4, 0.5) is 0 Å². The zero-order valence-corrected chi connectivity index (χ0v) is 18.4. The highest BCUT2D eigenvalue weighted by molar-refractivity contribution is 6.09. The van der Waals surface area contributed by atoms with Crippen LogP contribution in [-0.4, -0.2) is 32.5 Å². The van der Waals surface area contributed by atoms with E-state index in [9.17, 15) is 25.2 Å². The lowest BCUT2D eigenvalue weighted by Crippen LogP contribution is -2.51. The van der Waals surface area contributed by atoms with Gasteiger partial charge in [0, 0.05) is 22.8 Å². The van der Waals surface area contributed by atoms with E-state index in [1.165, 1.54) is 18.2 Å². The minimum Gasteiger partial charge on any atom is -0.508 e. The zero-order valence-electron chi connectivity index (χ0n) is 18.4. The van der Waals surface area contributed by atoms with Crippen molar-refractivity contribution in [2.24, 2.45) is 0 Å². The normalized spacial score (nSPS) is 20.4. The molecule has 4 rings (SSSR count). The minimum atomic E-state index is -2.21. The molecule has 2 aliphatic heterocycles. The van der Waals surface area contributed by atoms with Gasteiger partial charge in [-0.1, -0.05) is 23.3 Å². The van der Waals surface area contributed by atoms with Gasteiger partial charge in [0.15, 0.2) is 0 Å². The van der Waals surface area contributed by atoms with Crippen molar-refractivity contribution in [2.75, 3.05) is 0 Å². The number of hydrogen-bond donors (Lipinski definition) is 4. The molecule has 168 valence electrons. The molecule has 2 atom stereocenters. The molecule has 2 aliphatic rings. The van der Waals surface area contributed by atoms with Crippen LogP contribution in [0, 0.1) is 0 Å². The zero-order chi connectivity index (χ0) is 23.4. The van der Waals surface area contributed by atoms with Gasteiger partial charge in [-0.2, -0.15) is 0 Å². The number of hydrogen-bond acceptors (Lipinski definition) is 7. The first-order valence-electron chi connectivity index (χ1n) is 10.4. The summed E-state index contributed by atoms with van der Waals surface area (Å²) in [5.74, 6) is -1.40. The van der Waals surface area contributed by atoms with Gasteiger partial charge in [-0.25, -0.2) is 0 Å². The molecule has 2 aromatic carbocycles. The number of Topliss-reactive ketones (excluding diaryl/α,β-unsaturated/α-hetero) is 1. The highest BCUT2D eigenvalue weighted by Crippen LogP contribution is 2.54. The molecular weight excluding hydrogens is 412 g/mol. The maximum Gasteiger partial charge on any atom is 0.281 e. The largest absolute Gasteiger partial charge is 0.508 e. The van der Waals surface area contributed by atoms with Crippen LogP contribution in [0.1, 0.15) is 54.7 Å². The van der Waals surface area contributed by atoms with Gasteiger partial charge in [0.25, 0.3) is 6.29 Å². The number of allylic oxidation sites excluding steroid dienone is 4. The maximum atomic E-state index is 13.5. The van der Waals surface area contributed by atoms with Crippen LogP contribution in [0.5, 0.6) is 28.7 Å². The highest BCUT2D eigenvalue weighted by atomic mass is 16.7. The number of ether oxygens (including phenoxy) is 2. The number of phenolic OH excluding ortho intramolecular Hbond substituents is 3. The molecule has 32 heavy (non-hydrogen) atoms. The van der Waals surface area contributed by atoms with Crippen LogP contribution in [0.15, 0.2) is 41.5 Å². The van der Waals surface area contributed by atoms with E-state index in [0.29, 0.717) is 12.0 Å². The number of rotatable bonds is 4. The summed E-state index contributed by atoms with van der Waals surface area (Å²) in [5, 5.41) is 43.1. The number of aliphatic hydroxyl groups is 1. The molecule has 0 saturated carbocycles. The molecule has 4 N–H and O–H groups in total. The number of benzene rings is 2. The second-order valence-electron chi connectivity index (χ2n) is 8.67. The first-order chi connectivity index (χ1) is 15.1. The monoisotopic (exact) mass is 438 g/mol. The van der Waals surface area contributed by atoms with Crippen LogP contribution in [0.25, 0.3) is 0 Å². The molecule has 0 saturated heterocycles. The lowest BCUT2D eigenvalue weighted by Gasteiger charge is -2.33. The number of carbonyl (C=O) groups is 1. The summed E-state index contributed by atoms with van der Waals surface area (Å²) in [5.41, 5.74) is 0.324. The summed E-state index contributed by atoms with van der Waals surface area (Å²) in [6.45, 7) is 7.59. The number of phenols is 3. The van der Waals surface area contributed by atoms with Crippen molar-refractivity contribution < 1.29 is 34.7 Å². The van der Waals surface area contributed by atoms with E-state index in [-0.39, 0.29) is 46.1 Å². The fourth-order valence-corrected chi connectivity index (χ4v) is 4.01. The molecule has 0 aromatic heterocycles. The predicted octanol–water partition coefficient (Wildman–Crippen LogP) is 4.00. The van der Waals surface area contributed by atoms with Gasteiger partial charge < -0.3 is 29.9 Å². The van der Waals surface area contributed by atoms with E-state index in [2.05, 4.69) is 0 Å². The van der Waals surface area contributed by atoms with E-state index in [1.54, 1.807) is 6.08 Å². The second-order valence-corrected chi connectivity index (χ2v) is 8.67. The molecule has 2 heterocycles. The average molecular weight is 438 g/mol. The molecule has 0 spiro atoms. The van der Waals surface area contributed by atoms with Crippen molar-refractivity contribution in [1.82, 2.24) is 0 Å². The predicted molar refractivity (Wildman–Crippen MR) is 117 cm³/mol. The molecule has 0 fully saturated rings. The van der Waals surface area contributed by atoms with Gasteiger partial charge in [0.2, 0.25) is 11.4 Å². The third kappa shape index (κ3) is 3.20. The van der Waals surface area contributed by atoms with Crippen LogP contribution in [0.3, 0.4) is 0 Å². The van der Waals surface area contributed by atoms with Gasteiger partial charge in [-0.3, -0.25) is 4.79 Å². The topological polar surface area (TPSA) is 116 Å². The fourth-order valence-electron chi connectivity index (χ4n) is 4.01. The number of ketones is 1. The molecule has 7 nitrogen and oxygen atoms in total. The van der Waals surface area contributed by atoms with Crippen LogP contribution >= 0.6 is 0 Å². The smallest absolute Gasteiger partial charge is 0.281 e. The Labute approximate surface area is 185 Å². The average Bonchev–Trinajstić information content (AvgIpc) is 2.99. The molecule has 0 bridgehead atoms. The summed E-state index contributed by atoms with van der Waals surface area (Å²) >= 11 is 0. The number of carbonyl (C=O) groups excluding carboxylic acids is 1. The van der Waals surface area contributed by atoms with Crippen LogP contribution < -0.4 is 9.47 Å². The van der Waals surface area contributed by atoms with Crippen molar-refractivity contribution in [3.63, 3.8) is 0 Å². The third-order valence-corrected chi connectivity index (χ3v) is 5.79. The molecule has 0 unspecified atom stereocenters. The lowest BCUT2D eigenvalue weighted by molar-refractivity contribution is -0.118. The molecule has 0 amide bonds. The second kappa shape index (κ2) is 7.60. The maximum absolute atomic E-state index is 13.5. The summed E-state index contributed by atoms with van der Waals surface area (Å²) in [4.78, 5) is 13.5. The summed E-state index contributed by atoms with van der Waals surface area (Å²) < 4.78 is 11.6. The molecule has 7 heteroatoms. The molecule has 0 aliphatic carbocycles. The quantitative estimate of drug-likeness (QED) is 0.533. The minimum absolute atomic E-state index is 0.0297.